The third kappa shape index (κ3) is 3.94. The first-order chi connectivity index (χ1) is 10.8. The van der Waals surface area contributed by atoms with Gasteiger partial charge in [-0.2, -0.15) is 0 Å². The van der Waals surface area contributed by atoms with E-state index in [4.69, 9.17) is 11.6 Å². The maximum atomic E-state index is 5.96. The number of rotatable bonds is 4. The van der Waals surface area contributed by atoms with Gasteiger partial charge in [0, 0.05) is 10.4 Å². The van der Waals surface area contributed by atoms with Crippen LogP contribution in [-0.4, -0.2) is 5.33 Å². The summed E-state index contributed by atoms with van der Waals surface area (Å²) in [4.78, 5) is 0. The van der Waals surface area contributed by atoms with Gasteiger partial charge in [-0.1, -0.05) is 63.9 Å². The van der Waals surface area contributed by atoms with Crippen molar-refractivity contribution in [3.8, 4) is 11.1 Å². The van der Waals surface area contributed by atoms with Crippen LogP contribution in [0, 0.1) is 5.92 Å². The zero-order chi connectivity index (χ0) is 15.4. The van der Waals surface area contributed by atoms with E-state index in [9.17, 15) is 0 Å². The van der Waals surface area contributed by atoms with Gasteiger partial charge in [-0.05, 0) is 72.8 Å². The standard InChI is InChI=1S/C20H22BrCl/c21-14-13-15-1-3-16(4-2-15)17-5-7-18(8-6-17)19-9-11-20(22)12-10-19/h5-12,15-16H,1-4,13-14H2/t15-,16-. The highest BCUT2D eigenvalue weighted by Crippen LogP contribution is 2.37. The molecule has 0 aromatic heterocycles. The summed E-state index contributed by atoms with van der Waals surface area (Å²) in [6.07, 6.45) is 6.79. The summed E-state index contributed by atoms with van der Waals surface area (Å²) < 4.78 is 0. The lowest BCUT2D eigenvalue weighted by atomic mass is 9.77. The summed E-state index contributed by atoms with van der Waals surface area (Å²) in [5, 5.41) is 1.94. The highest BCUT2D eigenvalue weighted by molar-refractivity contribution is 9.09. The fourth-order valence-corrected chi connectivity index (χ4v) is 4.30. The molecule has 2 aromatic rings. The second-order valence-corrected chi connectivity index (χ2v) is 7.55. The van der Waals surface area contributed by atoms with Crippen LogP contribution in [-0.2, 0) is 0 Å². The normalized spacial score (nSPS) is 21.7. The number of benzene rings is 2. The molecule has 2 aromatic carbocycles. The van der Waals surface area contributed by atoms with Crippen LogP contribution < -0.4 is 0 Å². The van der Waals surface area contributed by atoms with Crippen molar-refractivity contribution in [3.05, 3.63) is 59.1 Å². The van der Waals surface area contributed by atoms with Crippen molar-refractivity contribution in [1.82, 2.24) is 0 Å². The average molecular weight is 378 g/mol. The molecule has 2 heteroatoms. The molecule has 0 unspecified atom stereocenters. The van der Waals surface area contributed by atoms with Crippen LogP contribution in [0.15, 0.2) is 48.5 Å². The molecular weight excluding hydrogens is 356 g/mol. The van der Waals surface area contributed by atoms with Crippen molar-refractivity contribution in [1.29, 1.82) is 0 Å². The van der Waals surface area contributed by atoms with E-state index < -0.39 is 0 Å². The van der Waals surface area contributed by atoms with E-state index in [2.05, 4.69) is 52.3 Å². The molecule has 1 saturated carbocycles. The Kier molecular flexibility index (Phi) is 5.60. The molecule has 0 radical (unpaired) electrons. The van der Waals surface area contributed by atoms with Gasteiger partial charge >= 0.3 is 0 Å². The van der Waals surface area contributed by atoms with Crippen LogP contribution in [0.3, 0.4) is 0 Å². The molecule has 22 heavy (non-hydrogen) atoms. The lowest BCUT2D eigenvalue weighted by Gasteiger charge is -2.28. The minimum Gasteiger partial charge on any atom is -0.0928 e. The summed E-state index contributed by atoms with van der Waals surface area (Å²) in [6.45, 7) is 0. The van der Waals surface area contributed by atoms with Crippen LogP contribution in [0.2, 0.25) is 5.02 Å². The van der Waals surface area contributed by atoms with Crippen LogP contribution in [0.4, 0.5) is 0 Å². The first-order valence-electron chi connectivity index (χ1n) is 8.18. The zero-order valence-electron chi connectivity index (χ0n) is 12.8. The Balaban J connectivity index is 1.66. The van der Waals surface area contributed by atoms with Crippen molar-refractivity contribution < 1.29 is 0 Å². The minimum atomic E-state index is 0.755. The molecule has 0 aliphatic heterocycles. The summed E-state index contributed by atoms with van der Waals surface area (Å²) in [5.74, 6) is 1.69. The molecule has 1 aliphatic rings. The summed E-state index contributed by atoms with van der Waals surface area (Å²) in [7, 11) is 0. The molecule has 0 bridgehead atoms. The van der Waals surface area contributed by atoms with Crippen molar-refractivity contribution in [3.63, 3.8) is 0 Å². The van der Waals surface area contributed by atoms with Crippen LogP contribution in [0.1, 0.15) is 43.6 Å². The van der Waals surface area contributed by atoms with Crippen molar-refractivity contribution >= 4 is 27.5 Å². The number of halogens is 2. The van der Waals surface area contributed by atoms with Crippen molar-refractivity contribution in [2.75, 3.05) is 5.33 Å². The number of alkyl halides is 1. The average Bonchev–Trinajstić information content (AvgIpc) is 2.57. The van der Waals surface area contributed by atoms with Crippen molar-refractivity contribution in [2.45, 2.75) is 38.0 Å². The van der Waals surface area contributed by atoms with Gasteiger partial charge in [0.15, 0.2) is 0 Å². The summed E-state index contributed by atoms with van der Waals surface area (Å²) in [5.41, 5.74) is 4.01. The smallest absolute Gasteiger partial charge is 0.0406 e. The molecule has 3 rings (SSSR count). The van der Waals surface area contributed by atoms with Gasteiger partial charge in [0.2, 0.25) is 0 Å². The van der Waals surface area contributed by atoms with Gasteiger partial charge in [0.1, 0.15) is 0 Å². The Labute approximate surface area is 147 Å². The summed E-state index contributed by atoms with van der Waals surface area (Å²) >= 11 is 9.53. The van der Waals surface area contributed by atoms with Gasteiger partial charge in [-0.3, -0.25) is 0 Å². The molecule has 0 atom stereocenters. The van der Waals surface area contributed by atoms with E-state index in [1.165, 1.54) is 48.8 Å². The van der Waals surface area contributed by atoms with Gasteiger partial charge in [-0.15, -0.1) is 0 Å². The van der Waals surface area contributed by atoms with E-state index in [-0.39, 0.29) is 0 Å². The molecule has 0 nitrogen and oxygen atoms in total. The third-order valence-corrected chi connectivity index (χ3v) is 5.63. The molecular formula is C20H22BrCl. The zero-order valence-corrected chi connectivity index (χ0v) is 15.1. The maximum Gasteiger partial charge on any atom is 0.0406 e. The Morgan fingerprint density at radius 3 is 1.91 bits per heavy atom. The van der Waals surface area contributed by atoms with Crippen molar-refractivity contribution in [2.24, 2.45) is 5.92 Å². The molecule has 0 saturated heterocycles. The van der Waals surface area contributed by atoms with Crippen LogP contribution in [0.25, 0.3) is 11.1 Å². The van der Waals surface area contributed by atoms with E-state index in [1.807, 2.05) is 12.1 Å². The molecule has 116 valence electrons. The fourth-order valence-electron chi connectivity index (χ4n) is 3.53. The second kappa shape index (κ2) is 7.66. The quantitative estimate of drug-likeness (QED) is 0.500. The third-order valence-electron chi connectivity index (χ3n) is 4.92. The fraction of sp³-hybridized carbons (Fsp3) is 0.400. The molecule has 0 spiro atoms. The number of hydrogen-bond donors (Lipinski definition) is 0. The first-order valence-corrected chi connectivity index (χ1v) is 9.68. The summed E-state index contributed by atoms with van der Waals surface area (Å²) in [6, 6.07) is 17.2. The van der Waals surface area contributed by atoms with Gasteiger partial charge < -0.3 is 0 Å². The molecule has 0 N–H and O–H groups in total. The SMILES string of the molecule is Clc1ccc(-c2ccc([C@H]3CC[C@H](CCBr)CC3)cc2)cc1. The molecule has 0 heterocycles. The predicted octanol–water partition coefficient (Wildman–Crippen LogP) is 7.07. The Bertz CT molecular complexity index is 580. The topological polar surface area (TPSA) is 0 Å². The van der Waals surface area contributed by atoms with Gasteiger partial charge in [0.25, 0.3) is 0 Å². The van der Waals surface area contributed by atoms with Gasteiger partial charge in [0.05, 0.1) is 0 Å². The maximum absolute atomic E-state index is 5.96. The highest BCUT2D eigenvalue weighted by atomic mass is 79.9. The Morgan fingerprint density at radius 1 is 0.818 bits per heavy atom. The van der Waals surface area contributed by atoms with E-state index >= 15 is 0 Å². The molecule has 1 fully saturated rings. The van der Waals surface area contributed by atoms with Crippen LogP contribution in [0.5, 0.6) is 0 Å². The van der Waals surface area contributed by atoms with Crippen LogP contribution >= 0.6 is 27.5 Å². The number of hydrogen-bond acceptors (Lipinski definition) is 0. The van der Waals surface area contributed by atoms with E-state index in [0.29, 0.717) is 0 Å². The highest BCUT2D eigenvalue weighted by Gasteiger charge is 2.21. The van der Waals surface area contributed by atoms with Gasteiger partial charge in [-0.25, -0.2) is 0 Å². The lowest BCUT2D eigenvalue weighted by molar-refractivity contribution is 0.321. The van der Waals surface area contributed by atoms with E-state index in [1.54, 1.807) is 0 Å². The first kappa shape index (κ1) is 16.1. The largest absolute Gasteiger partial charge is 0.0928 e. The monoisotopic (exact) mass is 376 g/mol. The Morgan fingerprint density at radius 2 is 1.36 bits per heavy atom. The minimum absolute atomic E-state index is 0.755. The lowest BCUT2D eigenvalue weighted by Crippen LogP contribution is -2.13. The molecule has 0 amide bonds. The predicted molar refractivity (Wildman–Crippen MR) is 100.0 cm³/mol. The second-order valence-electron chi connectivity index (χ2n) is 6.32. The molecule has 1 aliphatic carbocycles. The van der Waals surface area contributed by atoms with E-state index in [0.717, 1.165) is 22.2 Å². The Hall–Kier alpha value is -0.790.